The van der Waals surface area contributed by atoms with Crippen molar-refractivity contribution in [3.63, 3.8) is 0 Å². The first-order valence-corrected chi connectivity index (χ1v) is 4.21. The summed E-state index contributed by atoms with van der Waals surface area (Å²) in [5.41, 5.74) is -2.53. The van der Waals surface area contributed by atoms with Crippen molar-refractivity contribution >= 4 is 12.5 Å². The molecule has 0 aliphatic carbocycles. The van der Waals surface area contributed by atoms with E-state index in [0.717, 1.165) is 6.21 Å². The molecule has 0 saturated heterocycles. The van der Waals surface area contributed by atoms with Crippen LogP contribution in [-0.2, 0) is 9.53 Å². The molecule has 84 valence electrons. The molecule has 0 saturated carbocycles. The maximum absolute atomic E-state index is 12.8. The van der Waals surface area contributed by atoms with Crippen molar-refractivity contribution in [2.45, 2.75) is 13.1 Å². The number of carbonyl (C=O) groups excluding carboxylic acids is 1. The predicted octanol–water partition coefficient (Wildman–Crippen LogP) is 1.94. The lowest BCUT2D eigenvalue weighted by Crippen LogP contribution is -2.45. The summed E-state index contributed by atoms with van der Waals surface area (Å²) in [6, 6.07) is 0. The number of halogens is 3. The van der Waals surface area contributed by atoms with E-state index in [-0.39, 0.29) is 12.2 Å². The number of aldehydes is 1. The van der Waals surface area contributed by atoms with Crippen molar-refractivity contribution in [3.8, 4) is 0 Å². The quantitative estimate of drug-likeness (QED) is 0.668. The van der Waals surface area contributed by atoms with E-state index in [1.165, 1.54) is 14.0 Å². The van der Waals surface area contributed by atoms with Crippen LogP contribution in [0.1, 0.15) is 6.92 Å². The van der Waals surface area contributed by atoms with Crippen molar-refractivity contribution in [1.82, 2.24) is 0 Å². The highest BCUT2D eigenvalue weighted by Gasteiger charge is 2.58. The Morgan fingerprint density at radius 2 is 2.20 bits per heavy atom. The van der Waals surface area contributed by atoms with Crippen LogP contribution in [0.25, 0.3) is 0 Å². The topological polar surface area (TPSA) is 38.7 Å². The van der Waals surface area contributed by atoms with Crippen LogP contribution in [0.15, 0.2) is 17.0 Å². The molecule has 6 heteroatoms. The monoisotopic (exact) mass is 221 g/mol. The molecule has 15 heavy (non-hydrogen) atoms. The van der Waals surface area contributed by atoms with Gasteiger partial charge < -0.3 is 9.53 Å². The highest BCUT2D eigenvalue weighted by atomic mass is 19.4. The summed E-state index contributed by atoms with van der Waals surface area (Å²) >= 11 is 0. The zero-order valence-corrected chi connectivity index (χ0v) is 8.21. The number of nitrogens with zero attached hydrogens (tertiary/aromatic N) is 1. The number of hydrogen-bond donors (Lipinski definition) is 0. The lowest BCUT2D eigenvalue weighted by molar-refractivity contribution is -0.206. The smallest absolute Gasteiger partial charge is 0.405 e. The van der Waals surface area contributed by atoms with Gasteiger partial charge in [-0.3, -0.25) is 0 Å². The minimum atomic E-state index is -4.65. The molecule has 2 atom stereocenters. The van der Waals surface area contributed by atoms with Gasteiger partial charge in [-0.05, 0) is 0 Å². The molecule has 0 aromatic rings. The van der Waals surface area contributed by atoms with Crippen LogP contribution < -0.4 is 0 Å². The Hall–Kier alpha value is -1.33. The van der Waals surface area contributed by atoms with Crippen LogP contribution in [0.5, 0.6) is 0 Å². The molecule has 0 aromatic heterocycles. The molecule has 1 rings (SSSR count). The summed E-state index contributed by atoms with van der Waals surface area (Å²) in [6.07, 6.45) is -2.97. The fourth-order valence-corrected chi connectivity index (χ4v) is 1.34. The van der Waals surface area contributed by atoms with Crippen molar-refractivity contribution in [2.75, 3.05) is 7.11 Å². The number of allylic oxidation sites excluding steroid dienone is 1. The minimum Gasteiger partial charge on any atom is -0.481 e. The Labute approximate surface area is 84.6 Å². The molecule has 3 nitrogen and oxygen atoms in total. The lowest BCUT2D eigenvalue weighted by Gasteiger charge is -2.33. The number of ether oxygens (including phenoxy) is 1. The van der Waals surface area contributed by atoms with E-state index in [1.54, 1.807) is 0 Å². The second-order valence-electron chi connectivity index (χ2n) is 3.30. The Bertz CT molecular complexity index is 322. The predicted molar refractivity (Wildman–Crippen MR) is 47.3 cm³/mol. The number of hydrogen-bond acceptors (Lipinski definition) is 3. The van der Waals surface area contributed by atoms with E-state index in [4.69, 9.17) is 0 Å². The highest BCUT2D eigenvalue weighted by Crippen LogP contribution is 2.45. The second-order valence-corrected chi connectivity index (χ2v) is 3.30. The third-order valence-electron chi connectivity index (χ3n) is 2.44. The van der Waals surface area contributed by atoms with Crippen molar-refractivity contribution < 1.29 is 22.7 Å². The van der Waals surface area contributed by atoms with E-state index in [1.807, 2.05) is 0 Å². The van der Waals surface area contributed by atoms with Crippen LogP contribution in [0, 0.1) is 11.3 Å². The third-order valence-corrected chi connectivity index (χ3v) is 2.44. The van der Waals surface area contributed by atoms with Gasteiger partial charge in [0.15, 0.2) is 5.41 Å². The average Bonchev–Trinajstić information content (AvgIpc) is 2.17. The molecule has 0 fully saturated rings. The summed E-state index contributed by atoms with van der Waals surface area (Å²) in [4.78, 5) is 14.4. The van der Waals surface area contributed by atoms with E-state index in [0.29, 0.717) is 6.08 Å². The van der Waals surface area contributed by atoms with Crippen molar-refractivity contribution in [1.29, 1.82) is 0 Å². The summed E-state index contributed by atoms with van der Waals surface area (Å²) in [5, 5.41) is 0. The Morgan fingerprint density at radius 1 is 1.60 bits per heavy atom. The van der Waals surface area contributed by atoms with Crippen molar-refractivity contribution in [3.05, 3.63) is 12.0 Å². The van der Waals surface area contributed by atoms with E-state index in [9.17, 15) is 18.0 Å². The van der Waals surface area contributed by atoms with Crippen LogP contribution in [0.4, 0.5) is 13.2 Å². The molecule has 0 amide bonds. The molecular formula is C9H10F3NO2. The van der Waals surface area contributed by atoms with Crippen LogP contribution in [0.2, 0.25) is 0 Å². The lowest BCUT2D eigenvalue weighted by atomic mass is 9.76. The molecule has 0 N–H and O–H groups in total. The van der Waals surface area contributed by atoms with Gasteiger partial charge in [0.2, 0.25) is 5.88 Å². The highest BCUT2D eigenvalue weighted by molar-refractivity contribution is 5.77. The maximum atomic E-state index is 12.8. The molecule has 0 aromatic carbocycles. The summed E-state index contributed by atoms with van der Waals surface area (Å²) in [5.74, 6) is -1.23. The molecule has 1 heterocycles. The van der Waals surface area contributed by atoms with Gasteiger partial charge in [-0.15, -0.1) is 0 Å². The molecule has 0 radical (unpaired) electrons. The van der Waals surface area contributed by atoms with Gasteiger partial charge in [-0.1, -0.05) is 6.92 Å². The van der Waals surface area contributed by atoms with Gasteiger partial charge in [-0.25, -0.2) is 4.99 Å². The first kappa shape index (κ1) is 11.7. The largest absolute Gasteiger partial charge is 0.481 e. The summed E-state index contributed by atoms with van der Waals surface area (Å²) < 4.78 is 42.9. The van der Waals surface area contributed by atoms with Gasteiger partial charge in [-0.2, -0.15) is 13.2 Å². The van der Waals surface area contributed by atoms with Crippen LogP contribution in [0.3, 0.4) is 0 Å². The Morgan fingerprint density at radius 3 is 2.60 bits per heavy atom. The number of carbonyl (C=O) groups is 1. The van der Waals surface area contributed by atoms with Crippen molar-refractivity contribution in [2.24, 2.45) is 16.3 Å². The van der Waals surface area contributed by atoms with Gasteiger partial charge in [0.25, 0.3) is 0 Å². The normalized spacial score (nSPS) is 31.0. The third kappa shape index (κ3) is 1.75. The maximum Gasteiger partial charge on any atom is 0.405 e. The van der Waals surface area contributed by atoms with Gasteiger partial charge >= 0.3 is 6.18 Å². The first-order chi connectivity index (χ1) is 6.87. The number of methoxy groups -OCH3 is 1. The Kier molecular flexibility index (Phi) is 2.88. The molecule has 1 aliphatic heterocycles. The molecule has 2 unspecified atom stereocenters. The Balaban J connectivity index is 3.24. The number of aliphatic imine (C=N–C) groups is 1. The first-order valence-electron chi connectivity index (χ1n) is 4.21. The molecule has 0 spiro atoms. The molecular weight excluding hydrogens is 211 g/mol. The zero-order valence-electron chi connectivity index (χ0n) is 8.21. The fourth-order valence-electron chi connectivity index (χ4n) is 1.34. The molecule has 0 bridgehead atoms. The zero-order chi connectivity index (χ0) is 11.7. The standard InChI is InChI=1S/C9H10F3NO2/c1-6-4-13-7(15-2)3-8(6,5-14)9(10,11)12/h3-6H,1-2H3. The van der Waals surface area contributed by atoms with E-state index in [2.05, 4.69) is 9.73 Å². The fraction of sp³-hybridized carbons (Fsp3) is 0.556. The van der Waals surface area contributed by atoms with Crippen LogP contribution >= 0.6 is 0 Å². The average molecular weight is 221 g/mol. The molecule has 1 aliphatic rings. The second kappa shape index (κ2) is 3.67. The SMILES string of the molecule is COC1=CC(C=O)(C(F)(F)F)C(C)C=N1. The van der Waals surface area contributed by atoms with Gasteiger partial charge in [0.05, 0.1) is 7.11 Å². The van der Waals surface area contributed by atoms with Crippen LogP contribution in [-0.4, -0.2) is 25.8 Å². The number of rotatable bonds is 2. The van der Waals surface area contributed by atoms with Gasteiger partial charge in [0, 0.05) is 18.2 Å². The summed E-state index contributed by atoms with van der Waals surface area (Å²) in [6.45, 7) is 1.29. The van der Waals surface area contributed by atoms with E-state index < -0.39 is 17.5 Å². The summed E-state index contributed by atoms with van der Waals surface area (Å²) in [7, 11) is 1.20. The number of alkyl halides is 3. The minimum absolute atomic E-state index is 0.109. The van der Waals surface area contributed by atoms with Gasteiger partial charge in [0.1, 0.15) is 6.29 Å². The van der Waals surface area contributed by atoms with E-state index >= 15 is 0 Å².